The Morgan fingerprint density at radius 3 is 2.40 bits per heavy atom. The zero-order valence-corrected chi connectivity index (χ0v) is 17.9. The molecule has 162 valence electrons. The molecule has 0 bridgehead atoms. The monoisotopic (exact) mass is 416 g/mol. The third-order valence-electron chi connectivity index (χ3n) is 4.48. The molecule has 0 saturated carbocycles. The highest BCUT2D eigenvalue weighted by molar-refractivity contribution is 5.80. The van der Waals surface area contributed by atoms with Crippen molar-refractivity contribution >= 4 is 11.9 Å². The molecule has 0 heterocycles. The first-order valence-electron chi connectivity index (χ1n) is 9.60. The smallest absolute Gasteiger partial charge is 0.224 e. The Balaban J connectivity index is 1.79. The Morgan fingerprint density at radius 2 is 1.77 bits per heavy atom. The molecule has 1 amide bonds. The normalized spacial score (nSPS) is 11.0. The van der Waals surface area contributed by atoms with Crippen molar-refractivity contribution in [3.8, 4) is 11.5 Å². The van der Waals surface area contributed by atoms with Gasteiger partial charge in [0.15, 0.2) is 5.96 Å². The maximum atomic E-state index is 12.9. The molecule has 0 aromatic heterocycles. The predicted molar refractivity (Wildman–Crippen MR) is 115 cm³/mol. The van der Waals surface area contributed by atoms with E-state index < -0.39 is 0 Å². The van der Waals surface area contributed by atoms with E-state index in [2.05, 4.69) is 15.6 Å². The SMILES string of the molecule is CN=C(NCCNC(=O)Cc1ccc(F)cc1)N(C)Cc1ccc(OC)cc1OC. The van der Waals surface area contributed by atoms with Crippen LogP contribution in [0.4, 0.5) is 4.39 Å². The van der Waals surface area contributed by atoms with Crippen molar-refractivity contribution in [2.75, 3.05) is 41.4 Å². The van der Waals surface area contributed by atoms with Crippen LogP contribution in [0.25, 0.3) is 0 Å². The standard InChI is InChI=1S/C22H29FN4O3/c1-24-22(27(2)15-17-7-10-19(29-3)14-20(17)30-4)26-12-11-25-21(28)13-16-5-8-18(23)9-6-16/h5-10,14H,11-13,15H2,1-4H3,(H,24,26)(H,25,28). The van der Waals surface area contributed by atoms with Crippen molar-refractivity contribution in [3.63, 3.8) is 0 Å². The second-order valence-electron chi connectivity index (χ2n) is 6.66. The van der Waals surface area contributed by atoms with Gasteiger partial charge >= 0.3 is 0 Å². The molecule has 0 fully saturated rings. The minimum atomic E-state index is -0.314. The first-order valence-corrected chi connectivity index (χ1v) is 9.60. The van der Waals surface area contributed by atoms with Gasteiger partial charge in [-0.1, -0.05) is 12.1 Å². The molecule has 0 atom stereocenters. The van der Waals surface area contributed by atoms with Gasteiger partial charge in [-0.2, -0.15) is 0 Å². The van der Waals surface area contributed by atoms with Crippen LogP contribution in [0, 0.1) is 5.82 Å². The fourth-order valence-corrected chi connectivity index (χ4v) is 2.92. The molecule has 0 saturated heterocycles. The Kier molecular flexibility index (Phi) is 8.93. The largest absolute Gasteiger partial charge is 0.497 e. The van der Waals surface area contributed by atoms with Crippen LogP contribution in [-0.2, 0) is 17.8 Å². The number of ether oxygens (including phenoxy) is 2. The van der Waals surface area contributed by atoms with Crippen molar-refractivity contribution in [1.82, 2.24) is 15.5 Å². The molecule has 0 radical (unpaired) electrons. The molecule has 0 spiro atoms. The number of hydrogen-bond acceptors (Lipinski definition) is 4. The van der Waals surface area contributed by atoms with Gasteiger partial charge < -0.3 is 25.0 Å². The lowest BCUT2D eigenvalue weighted by atomic mass is 10.1. The van der Waals surface area contributed by atoms with Crippen molar-refractivity contribution < 1.29 is 18.7 Å². The van der Waals surface area contributed by atoms with E-state index in [9.17, 15) is 9.18 Å². The van der Waals surface area contributed by atoms with E-state index >= 15 is 0 Å². The van der Waals surface area contributed by atoms with Crippen molar-refractivity contribution in [1.29, 1.82) is 0 Å². The number of guanidine groups is 1. The van der Waals surface area contributed by atoms with Crippen LogP contribution in [0.5, 0.6) is 11.5 Å². The molecule has 30 heavy (non-hydrogen) atoms. The molecule has 2 aromatic carbocycles. The second-order valence-corrected chi connectivity index (χ2v) is 6.66. The van der Waals surface area contributed by atoms with E-state index in [0.717, 1.165) is 22.6 Å². The van der Waals surface area contributed by atoms with E-state index in [0.29, 0.717) is 25.6 Å². The summed E-state index contributed by atoms with van der Waals surface area (Å²) in [6.07, 6.45) is 0.214. The molecular weight excluding hydrogens is 387 g/mol. The van der Waals surface area contributed by atoms with Gasteiger partial charge in [-0.3, -0.25) is 9.79 Å². The van der Waals surface area contributed by atoms with Gasteiger partial charge in [-0.15, -0.1) is 0 Å². The number of halogens is 1. The first-order chi connectivity index (χ1) is 14.5. The Bertz CT molecular complexity index is 856. The number of nitrogens with one attached hydrogen (secondary N) is 2. The molecule has 2 aromatic rings. The van der Waals surface area contributed by atoms with E-state index in [1.165, 1.54) is 12.1 Å². The molecule has 0 aliphatic rings. The fraction of sp³-hybridized carbons (Fsp3) is 0.364. The Morgan fingerprint density at radius 1 is 1.07 bits per heavy atom. The number of carbonyl (C=O) groups is 1. The summed E-state index contributed by atoms with van der Waals surface area (Å²) < 4.78 is 23.6. The van der Waals surface area contributed by atoms with Crippen LogP contribution in [0.15, 0.2) is 47.5 Å². The summed E-state index contributed by atoms with van der Waals surface area (Å²) in [6.45, 7) is 1.55. The molecule has 2 rings (SSSR count). The predicted octanol–water partition coefficient (Wildman–Crippen LogP) is 2.21. The summed E-state index contributed by atoms with van der Waals surface area (Å²) in [5.41, 5.74) is 1.77. The maximum absolute atomic E-state index is 12.9. The summed E-state index contributed by atoms with van der Waals surface area (Å²) in [7, 11) is 6.87. The van der Waals surface area contributed by atoms with Crippen LogP contribution in [0.2, 0.25) is 0 Å². The average Bonchev–Trinajstić information content (AvgIpc) is 2.75. The number of rotatable bonds is 9. The molecule has 0 aliphatic heterocycles. The highest BCUT2D eigenvalue weighted by atomic mass is 19.1. The minimum absolute atomic E-state index is 0.116. The lowest BCUT2D eigenvalue weighted by molar-refractivity contribution is -0.120. The number of benzene rings is 2. The lowest BCUT2D eigenvalue weighted by Gasteiger charge is -2.23. The number of methoxy groups -OCH3 is 2. The van der Waals surface area contributed by atoms with Gasteiger partial charge in [-0.05, 0) is 29.8 Å². The molecule has 8 heteroatoms. The zero-order chi connectivity index (χ0) is 21.9. The third kappa shape index (κ3) is 6.95. The van der Waals surface area contributed by atoms with Gasteiger partial charge in [-0.25, -0.2) is 4.39 Å². The first kappa shape index (κ1) is 23.0. The van der Waals surface area contributed by atoms with Crippen molar-refractivity contribution in [2.24, 2.45) is 4.99 Å². The number of nitrogens with zero attached hydrogens (tertiary/aromatic N) is 2. The number of hydrogen-bond donors (Lipinski definition) is 2. The lowest BCUT2D eigenvalue weighted by Crippen LogP contribution is -2.42. The molecule has 2 N–H and O–H groups in total. The topological polar surface area (TPSA) is 75.2 Å². The highest BCUT2D eigenvalue weighted by Gasteiger charge is 2.11. The molecule has 7 nitrogen and oxygen atoms in total. The summed E-state index contributed by atoms with van der Waals surface area (Å²) in [4.78, 5) is 18.3. The van der Waals surface area contributed by atoms with E-state index in [4.69, 9.17) is 9.47 Å². The second kappa shape index (κ2) is 11.6. The third-order valence-corrected chi connectivity index (χ3v) is 4.48. The summed E-state index contributed by atoms with van der Waals surface area (Å²) in [5, 5.41) is 6.06. The molecular formula is C22H29FN4O3. The van der Waals surface area contributed by atoms with E-state index in [1.54, 1.807) is 33.4 Å². The quantitative estimate of drug-likeness (QED) is 0.372. The number of amides is 1. The van der Waals surface area contributed by atoms with Crippen LogP contribution < -0.4 is 20.1 Å². The summed E-state index contributed by atoms with van der Waals surface area (Å²) in [6, 6.07) is 11.6. The minimum Gasteiger partial charge on any atom is -0.497 e. The van der Waals surface area contributed by atoms with Gasteiger partial charge in [0.2, 0.25) is 5.91 Å². The van der Waals surface area contributed by atoms with Gasteiger partial charge in [0.05, 0.1) is 20.6 Å². The van der Waals surface area contributed by atoms with Crippen LogP contribution in [-0.4, -0.2) is 58.2 Å². The average molecular weight is 416 g/mol. The van der Waals surface area contributed by atoms with Crippen LogP contribution in [0.1, 0.15) is 11.1 Å². The molecule has 0 unspecified atom stereocenters. The van der Waals surface area contributed by atoms with E-state index in [-0.39, 0.29) is 18.1 Å². The zero-order valence-electron chi connectivity index (χ0n) is 17.9. The van der Waals surface area contributed by atoms with Crippen molar-refractivity contribution in [3.05, 3.63) is 59.4 Å². The maximum Gasteiger partial charge on any atom is 0.224 e. The number of aliphatic imine (C=N–C) groups is 1. The summed E-state index contributed by atoms with van der Waals surface area (Å²) in [5.74, 6) is 1.74. The number of carbonyl (C=O) groups excluding carboxylic acids is 1. The van der Waals surface area contributed by atoms with Crippen LogP contribution >= 0.6 is 0 Å². The van der Waals surface area contributed by atoms with E-state index in [1.807, 2.05) is 30.1 Å². The fourth-order valence-electron chi connectivity index (χ4n) is 2.92. The highest BCUT2D eigenvalue weighted by Crippen LogP contribution is 2.25. The molecule has 0 aliphatic carbocycles. The summed E-state index contributed by atoms with van der Waals surface area (Å²) >= 11 is 0. The van der Waals surface area contributed by atoms with Gasteiger partial charge in [0.1, 0.15) is 17.3 Å². The van der Waals surface area contributed by atoms with Gasteiger partial charge in [0.25, 0.3) is 0 Å². The van der Waals surface area contributed by atoms with Gasteiger partial charge in [0, 0.05) is 45.4 Å². The van der Waals surface area contributed by atoms with Crippen molar-refractivity contribution in [2.45, 2.75) is 13.0 Å². The Hall–Kier alpha value is -3.29. The van der Waals surface area contributed by atoms with Crippen LogP contribution in [0.3, 0.4) is 0 Å². The Labute approximate surface area is 176 Å².